The van der Waals surface area contributed by atoms with E-state index in [2.05, 4.69) is 0 Å². The predicted octanol–water partition coefficient (Wildman–Crippen LogP) is 4.92. The third kappa shape index (κ3) is 3.90. The quantitative estimate of drug-likeness (QED) is 0.765. The van der Waals surface area contributed by atoms with Crippen LogP contribution >= 0.6 is 0 Å². The van der Waals surface area contributed by atoms with Gasteiger partial charge in [0, 0.05) is 0 Å². The van der Waals surface area contributed by atoms with Gasteiger partial charge in [0.1, 0.15) is 11.9 Å². The maximum atomic E-state index is 13.5. The molecule has 3 heteroatoms. The van der Waals surface area contributed by atoms with E-state index in [1.807, 2.05) is 12.1 Å². The minimum atomic E-state index is -0.429. The first-order chi connectivity index (χ1) is 9.72. The van der Waals surface area contributed by atoms with Crippen molar-refractivity contribution in [3.05, 3.63) is 47.5 Å². The van der Waals surface area contributed by atoms with Crippen LogP contribution in [0, 0.1) is 29.0 Å². The van der Waals surface area contributed by atoms with E-state index < -0.39 is 5.82 Å². The molecule has 0 aromatic heterocycles. The van der Waals surface area contributed by atoms with Crippen LogP contribution in [0.5, 0.6) is 0 Å². The normalized spacial score (nSPS) is 22.9. The Hall–Kier alpha value is -1.69. The Bertz CT molecular complexity index is 508. The average Bonchev–Trinajstić information content (AvgIpc) is 2.47. The summed E-state index contributed by atoms with van der Waals surface area (Å²) in [6.45, 7) is 0. The number of nitriles is 1. The number of aryl methyl sites for hydroxylation is 1. The Morgan fingerprint density at radius 1 is 1.25 bits per heavy atom. The standard InChI is InChI=1S/C17H19F2N/c18-10-9-14-3-1-13(2-4-14)5-6-15-7-8-16(12-20)17(19)11-15/h7-11,13-14H,1-6H2/t13-,14-. The summed E-state index contributed by atoms with van der Waals surface area (Å²) in [7, 11) is 0. The van der Waals surface area contributed by atoms with Gasteiger partial charge in [-0.3, -0.25) is 0 Å². The second-order valence-electron chi connectivity index (χ2n) is 5.56. The monoisotopic (exact) mass is 275 g/mol. The topological polar surface area (TPSA) is 23.8 Å². The molecule has 0 spiro atoms. The van der Waals surface area contributed by atoms with Crippen LogP contribution in [0.3, 0.4) is 0 Å². The van der Waals surface area contributed by atoms with Crippen molar-refractivity contribution >= 4 is 0 Å². The third-order valence-electron chi connectivity index (χ3n) is 4.23. The molecule has 2 rings (SSSR count). The van der Waals surface area contributed by atoms with Crippen molar-refractivity contribution in [2.24, 2.45) is 11.8 Å². The van der Waals surface area contributed by atoms with E-state index in [0.29, 0.717) is 18.2 Å². The summed E-state index contributed by atoms with van der Waals surface area (Å²) in [5.74, 6) is 0.614. The lowest BCUT2D eigenvalue weighted by atomic mass is 9.79. The van der Waals surface area contributed by atoms with Crippen molar-refractivity contribution in [3.63, 3.8) is 0 Å². The van der Waals surface area contributed by atoms with Gasteiger partial charge in [-0.2, -0.15) is 5.26 Å². The number of allylic oxidation sites excluding steroid dienone is 1. The number of rotatable bonds is 4. The van der Waals surface area contributed by atoms with Gasteiger partial charge in [0.05, 0.1) is 11.9 Å². The highest BCUT2D eigenvalue weighted by molar-refractivity contribution is 5.33. The van der Waals surface area contributed by atoms with Crippen molar-refractivity contribution < 1.29 is 8.78 Å². The molecule has 1 fully saturated rings. The molecule has 1 aromatic rings. The molecule has 0 N–H and O–H groups in total. The van der Waals surface area contributed by atoms with Crippen LogP contribution in [0.4, 0.5) is 8.78 Å². The van der Waals surface area contributed by atoms with Crippen molar-refractivity contribution in [3.8, 4) is 6.07 Å². The second kappa shape index (κ2) is 7.19. The van der Waals surface area contributed by atoms with Gasteiger partial charge >= 0.3 is 0 Å². The summed E-state index contributed by atoms with van der Waals surface area (Å²) < 4.78 is 25.6. The summed E-state index contributed by atoms with van der Waals surface area (Å²) in [5.41, 5.74) is 1.06. The Balaban J connectivity index is 1.82. The van der Waals surface area contributed by atoms with E-state index in [9.17, 15) is 8.78 Å². The zero-order valence-corrected chi connectivity index (χ0v) is 11.5. The van der Waals surface area contributed by atoms with Crippen LogP contribution in [0.2, 0.25) is 0 Å². The number of hydrogen-bond donors (Lipinski definition) is 0. The number of halogens is 2. The summed E-state index contributed by atoms with van der Waals surface area (Å²) in [6.07, 6.45) is 8.53. The molecule has 1 aromatic carbocycles. The van der Waals surface area contributed by atoms with Crippen LogP contribution in [0.15, 0.2) is 30.6 Å². The smallest absolute Gasteiger partial charge is 0.141 e. The van der Waals surface area contributed by atoms with Crippen molar-refractivity contribution in [2.45, 2.75) is 38.5 Å². The van der Waals surface area contributed by atoms with Gasteiger partial charge in [0.2, 0.25) is 0 Å². The number of nitrogens with zero attached hydrogens (tertiary/aromatic N) is 1. The molecular weight excluding hydrogens is 256 g/mol. The van der Waals surface area contributed by atoms with Crippen LogP contribution in [0.1, 0.15) is 43.2 Å². The van der Waals surface area contributed by atoms with Crippen LogP contribution in [-0.2, 0) is 6.42 Å². The molecule has 0 amide bonds. The fraction of sp³-hybridized carbons (Fsp3) is 0.471. The van der Waals surface area contributed by atoms with E-state index in [1.165, 1.54) is 6.07 Å². The van der Waals surface area contributed by atoms with E-state index in [0.717, 1.165) is 44.1 Å². The minimum absolute atomic E-state index is 0.104. The fourth-order valence-electron chi connectivity index (χ4n) is 2.95. The molecule has 0 radical (unpaired) electrons. The van der Waals surface area contributed by atoms with Gasteiger partial charge in [-0.25, -0.2) is 8.78 Å². The Morgan fingerprint density at radius 2 is 2.00 bits per heavy atom. The highest BCUT2D eigenvalue weighted by Crippen LogP contribution is 2.32. The molecule has 0 unspecified atom stereocenters. The van der Waals surface area contributed by atoms with Gasteiger partial charge in [-0.15, -0.1) is 0 Å². The van der Waals surface area contributed by atoms with Crippen LogP contribution < -0.4 is 0 Å². The minimum Gasteiger partial charge on any atom is -0.216 e. The summed E-state index contributed by atoms with van der Waals surface area (Å²) >= 11 is 0. The zero-order chi connectivity index (χ0) is 14.4. The molecule has 0 heterocycles. The van der Waals surface area contributed by atoms with Crippen LogP contribution in [-0.4, -0.2) is 0 Å². The van der Waals surface area contributed by atoms with E-state index >= 15 is 0 Å². The first-order valence-corrected chi connectivity index (χ1v) is 7.18. The first-order valence-electron chi connectivity index (χ1n) is 7.18. The summed E-state index contributed by atoms with van der Waals surface area (Å²) in [4.78, 5) is 0. The molecule has 0 saturated heterocycles. The molecule has 106 valence electrons. The maximum Gasteiger partial charge on any atom is 0.141 e. The molecule has 0 bridgehead atoms. The van der Waals surface area contributed by atoms with E-state index in [4.69, 9.17) is 5.26 Å². The predicted molar refractivity (Wildman–Crippen MR) is 75.1 cm³/mol. The second-order valence-corrected chi connectivity index (χ2v) is 5.56. The largest absolute Gasteiger partial charge is 0.216 e. The van der Waals surface area contributed by atoms with Gasteiger partial charge in [-0.05, 0) is 68.1 Å². The zero-order valence-electron chi connectivity index (χ0n) is 11.5. The van der Waals surface area contributed by atoms with Gasteiger partial charge in [-0.1, -0.05) is 12.1 Å². The molecule has 1 nitrogen and oxygen atoms in total. The molecule has 1 saturated carbocycles. The summed E-state index contributed by atoms with van der Waals surface area (Å²) in [6, 6.07) is 6.68. The molecule has 1 aliphatic carbocycles. The highest BCUT2D eigenvalue weighted by Gasteiger charge is 2.19. The lowest BCUT2D eigenvalue weighted by Gasteiger charge is -2.26. The van der Waals surface area contributed by atoms with Gasteiger partial charge in [0.15, 0.2) is 0 Å². The van der Waals surface area contributed by atoms with Crippen molar-refractivity contribution in [1.29, 1.82) is 5.26 Å². The Morgan fingerprint density at radius 3 is 2.60 bits per heavy atom. The Kier molecular flexibility index (Phi) is 5.29. The lowest BCUT2D eigenvalue weighted by molar-refractivity contribution is 0.295. The number of benzene rings is 1. The van der Waals surface area contributed by atoms with Crippen molar-refractivity contribution in [2.75, 3.05) is 0 Å². The lowest BCUT2D eigenvalue weighted by Crippen LogP contribution is -2.13. The van der Waals surface area contributed by atoms with E-state index in [1.54, 1.807) is 12.1 Å². The SMILES string of the molecule is N#Cc1ccc(CC[C@H]2CC[C@H](C=CF)CC2)cc1F. The molecule has 1 aliphatic rings. The summed E-state index contributed by atoms with van der Waals surface area (Å²) in [5, 5.41) is 8.69. The molecule has 0 atom stereocenters. The Labute approximate surface area is 118 Å². The average molecular weight is 275 g/mol. The third-order valence-corrected chi connectivity index (χ3v) is 4.23. The maximum absolute atomic E-state index is 13.5. The molecule has 20 heavy (non-hydrogen) atoms. The molecule has 0 aliphatic heterocycles. The van der Waals surface area contributed by atoms with Gasteiger partial charge < -0.3 is 0 Å². The first kappa shape index (κ1) is 14.7. The van der Waals surface area contributed by atoms with Crippen molar-refractivity contribution in [1.82, 2.24) is 0 Å². The van der Waals surface area contributed by atoms with E-state index in [-0.39, 0.29) is 5.56 Å². The molecular formula is C17H19F2N. The number of hydrogen-bond acceptors (Lipinski definition) is 1. The van der Waals surface area contributed by atoms with Crippen LogP contribution in [0.25, 0.3) is 0 Å². The highest BCUT2D eigenvalue weighted by atomic mass is 19.1. The fourth-order valence-corrected chi connectivity index (χ4v) is 2.95. The van der Waals surface area contributed by atoms with Gasteiger partial charge in [0.25, 0.3) is 0 Å².